The molecule has 0 saturated heterocycles. The highest BCUT2D eigenvalue weighted by Crippen LogP contribution is 2.13. The topological polar surface area (TPSA) is 80.0 Å². The van der Waals surface area contributed by atoms with Crippen LogP contribution in [0.3, 0.4) is 0 Å². The largest absolute Gasteiger partial charge is 0.392 e. The second kappa shape index (κ2) is 5.42. The number of hydrogen-bond acceptors (Lipinski definition) is 4. The van der Waals surface area contributed by atoms with Gasteiger partial charge in [0.2, 0.25) is 5.91 Å². The zero-order valence-corrected chi connectivity index (χ0v) is 9.95. The smallest absolute Gasteiger partial charge is 0.249 e. The number of aromatic nitrogens is 3. The number of nitrogens with one attached hydrogen (secondary N) is 1. The average molecular weight is 246 g/mol. The number of aliphatic hydroxyl groups is 1. The molecule has 0 aliphatic carbocycles. The molecule has 1 aromatic carbocycles. The van der Waals surface area contributed by atoms with Gasteiger partial charge in [-0.2, -0.15) is 5.10 Å². The molecule has 0 spiro atoms. The standard InChI is InChI=1S/C12H14N4O2/c1-9(16-8-13-7-14-16)12(18)15-11-4-2-3-10(5-11)6-17/h2-5,7-9,17H,6H2,1H3,(H,15,18). The summed E-state index contributed by atoms with van der Waals surface area (Å²) in [6, 6.07) is 6.62. The van der Waals surface area contributed by atoms with E-state index in [1.54, 1.807) is 31.2 Å². The summed E-state index contributed by atoms with van der Waals surface area (Å²) in [7, 11) is 0. The van der Waals surface area contributed by atoms with E-state index < -0.39 is 6.04 Å². The van der Waals surface area contributed by atoms with Gasteiger partial charge in [-0.3, -0.25) is 4.79 Å². The Morgan fingerprint density at radius 1 is 1.56 bits per heavy atom. The lowest BCUT2D eigenvalue weighted by molar-refractivity contribution is -0.119. The third kappa shape index (κ3) is 2.72. The number of carbonyl (C=O) groups is 1. The van der Waals surface area contributed by atoms with Crippen molar-refractivity contribution < 1.29 is 9.90 Å². The van der Waals surface area contributed by atoms with Gasteiger partial charge in [0.05, 0.1) is 6.61 Å². The zero-order valence-electron chi connectivity index (χ0n) is 9.95. The van der Waals surface area contributed by atoms with Gasteiger partial charge >= 0.3 is 0 Å². The number of amides is 1. The van der Waals surface area contributed by atoms with Crippen molar-refractivity contribution in [3.05, 3.63) is 42.5 Å². The van der Waals surface area contributed by atoms with Gasteiger partial charge in [0.25, 0.3) is 0 Å². The Hall–Kier alpha value is -2.21. The zero-order chi connectivity index (χ0) is 13.0. The average Bonchev–Trinajstić information content (AvgIpc) is 2.92. The first kappa shape index (κ1) is 12.3. The molecule has 0 bridgehead atoms. The van der Waals surface area contributed by atoms with Crippen molar-refractivity contribution in [2.45, 2.75) is 19.6 Å². The third-order valence-electron chi connectivity index (χ3n) is 2.59. The van der Waals surface area contributed by atoms with Crippen LogP contribution in [-0.4, -0.2) is 25.8 Å². The minimum absolute atomic E-state index is 0.0532. The molecule has 0 aliphatic heterocycles. The van der Waals surface area contributed by atoms with Crippen LogP contribution in [0.2, 0.25) is 0 Å². The second-order valence-corrected chi connectivity index (χ2v) is 3.90. The first-order chi connectivity index (χ1) is 8.70. The fourth-order valence-electron chi connectivity index (χ4n) is 1.53. The Morgan fingerprint density at radius 2 is 2.39 bits per heavy atom. The lowest BCUT2D eigenvalue weighted by atomic mass is 10.2. The normalized spacial score (nSPS) is 12.1. The highest BCUT2D eigenvalue weighted by Gasteiger charge is 2.15. The summed E-state index contributed by atoms with van der Waals surface area (Å²) in [4.78, 5) is 15.7. The van der Waals surface area contributed by atoms with Gasteiger partial charge in [-0.15, -0.1) is 0 Å². The maximum Gasteiger partial charge on any atom is 0.249 e. The molecule has 1 amide bonds. The van der Waals surface area contributed by atoms with E-state index >= 15 is 0 Å². The van der Waals surface area contributed by atoms with Crippen molar-refractivity contribution in [2.75, 3.05) is 5.32 Å². The summed E-state index contributed by atoms with van der Waals surface area (Å²) in [5.41, 5.74) is 1.40. The Balaban J connectivity index is 2.06. The van der Waals surface area contributed by atoms with Crippen LogP contribution in [0.4, 0.5) is 5.69 Å². The molecule has 94 valence electrons. The molecule has 0 fully saturated rings. The third-order valence-corrected chi connectivity index (χ3v) is 2.59. The number of rotatable bonds is 4. The molecule has 0 aliphatic rings. The van der Waals surface area contributed by atoms with Crippen molar-refractivity contribution >= 4 is 11.6 Å². The van der Waals surface area contributed by atoms with Crippen LogP contribution in [0, 0.1) is 0 Å². The number of benzene rings is 1. The Labute approximate surface area is 104 Å². The van der Waals surface area contributed by atoms with Crippen molar-refractivity contribution in [1.82, 2.24) is 14.8 Å². The van der Waals surface area contributed by atoms with Gasteiger partial charge in [-0.05, 0) is 24.6 Å². The minimum Gasteiger partial charge on any atom is -0.392 e. The molecular weight excluding hydrogens is 232 g/mol. The molecule has 1 aromatic heterocycles. The highest BCUT2D eigenvalue weighted by molar-refractivity contribution is 5.93. The quantitative estimate of drug-likeness (QED) is 0.842. The first-order valence-corrected chi connectivity index (χ1v) is 5.55. The SMILES string of the molecule is CC(C(=O)Nc1cccc(CO)c1)n1cncn1. The number of aliphatic hydroxyl groups excluding tert-OH is 1. The van der Waals surface area contributed by atoms with E-state index in [1.165, 1.54) is 17.3 Å². The Bertz CT molecular complexity index is 525. The molecule has 6 heteroatoms. The van der Waals surface area contributed by atoms with Crippen LogP contribution < -0.4 is 5.32 Å². The number of carbonyl (C=O) groups excluding carboxylic acids is 1. The monoisotopic (exact) mass is 246 g/mol. The van der Waals surface area contributed by atoms with Gasteiger partial charge in [0, 0.05) is 5.69 Å². The minimum atomic E-state index is -0.440. The van der Waals surface area contributed by atoms with Crippen LogP contribution in [0.25, 0.3) is 0 Å². The molecule has 2 N–H and O–H groups in total. The molecule has 0 saturated carbocycles. The van der Waals surface area contributed by atoms with Crippen molar-refractivity contribution in [2.24, 2.45) is 0 Å². The van der Waals surface area contributed by atoms with Gasteiger partial charge in [-0.25, -0.2) is 9.67 Å². The fourth-order valence-corrected chi connectivity index (χ4v) is 1.53. The second-order valence-electron chi connectivity index (χ2n) is 3.90. The summed E-state index contributed by atoms with van der Waals surface area (Å²) in [5, 5.41) is 15.7. The summed E-state index contributed by atoms with van der Waals surface area (Å²) >= 11 is 0. The molecule has 1 unspecified atom stereocenters. The van der Waals surface area contributed by atoms with Crippen LogP contribution in [-0.2, 0) is 11.4 Å². The van der Waals surface area contributed by atoms with Crippen molar-refractivity contribution in [3.63, 3.8) is 0 Å². The maximum atomic E-state index is 11.9. The lowest BCUT2D eigenvalue weighted by Gasteiger charge is -2.12. The van der Waals surface area contributed by atoms with E-state index in [9.17, 15) is 4.79 Å². The predicted molar refractivity (Wildman–Crippen MR) is 65.7 cm³/mol. The molecule has 18 heavy (non-hydrogen) atoms. The van der Waals surface area contributed by atoms with E-state index in [4.69, 9.17) is 5.11 Å². The molecule has 1 heterocycles. The van der Waals surface area contributed by atoms with Crippen LogP contribution in [0.1, 0.15) is 18.5 Å². The molecule has 2 aromatic rings. The van der Waals surface area contributed by atoms with Crippen LogP contribution in [0.15, 0.2) is 36.9 Å². The summed E-state index contributed by atoms with van der Waals surface area (Å²) in [6.45, 7) is 1.68. The van der Waals surface area contributed by atoms with E-state index in [1.807, 2.05) is 0 Å². The molecule has 1 atom stereocenters. The molecule has 6 nitrogen and oxygen atoms in total. The van der Waals surface area contributed by atoms with Gasteiger partial charge in [0.1, 0.15) is 18.7 Å². The summed E-state index contributed by atoms with van der Waals surface area (Å²) < 4.78 is 1.48. The summed E-state index contributed by atoms with van der Waals surface area (Å²) in [5.74, 6) is -0.185. The van der Waals surface area contributed by atoms with Gasteiger partial charge in [0.15, 0.2) is 0 Å². The molecule has 0 radical (unpaired) electrons. The van der Waals surface area contributed by atoms with Crippen LogP contribution >= 0.6 is 0 Å². The predicted octanol–water partition coefficient (Wildman–Crippen LogP) is 0.970. The number of nitrogens with zero attached hydrogens (tertiary/aromatic N) is 3. The van der Waals surface area contributed by atoms with E-state index in [0.29, 0.717) is 5.69 Å². The van der Waals surface area contributed by atoms with E-state index in [0.717, 1.165) is 5.56 Å². The van der Waals surface area contributed by atoms with Gasteiger partial charge < -0.3 is 10.4 Å². The van der Waals surface area contributed by atoms with E-state index in [-0.39, 0.29) is 12.5 Å². The van der Waals surface area contributed by atoms with Gasteiger partial charge in [-0.1, -0.05) is 12.1 Å². The Kier molecular flexibility index (Phi) is 3.69. The van der Waals surface area contributed by atoms with E-state index in [2.05, 4.69) is 15.4 Å². The number of hydrogen-bond donors (Lipinski definition) is 2. The first-order valence-electron chi connectivity index (χ1n) is 5.55. The summed E-state index contributed by atoms with van der Waals surface area (Å²) in [6.07, 6.45) is 2.88. The number of anilines is 1. The van der Waals surface area contributed by atoms with Crippen molar-refractivity contribution in [1.29, 1.82) is 0 Å². The van der Waals surface area contributed by atoms with Crippen molar-refractivity contribution in [3.8, 4) is 0 Å². The maximum absolute atomic E-state index is 11.9. The fraction of sp³-hybridized carbons (Fsp3) is 0.250. The Morgan fingerprint density at radius 3 is 3.06 bits per heavy atom. The highest BCUT2D eigenvalue weighted by atomic mass is 16.3. The lowest BCUT2D eigenvalue weighted by Crippen LogP contribution is -2.24. The molecular formula is C12H14N4O2. The molecule has 2 rings (SSSR count). The van der Waals surface area contributed by atoms with Crippen LogP contribution in [0.5, 0.6) is 0 Å².